The highest BCUT2D eigenvalue weighted by Gasteiger charge is 2.10. The van der Waals surface area contributed by atoms with Crippen LogP contribution in [0.15, 0.2) is 34.1 Å². The van der Waals surface area contributed by atoms with Crippen molar-refractivity contribution < 1.29 is 4.39 Å². The number of hydrogen-bond donors (Lipinski definition) is 1. The van der Waals surface area contributed by atoms with E-state index in [1.165, 1.54) is 10.9 Å². The zero-order chi connectivity index (χ0) is 15.2. The van der Waals surface area contributed by atoms with E-state index in [0.29, 0.717) is 6.54 Å². The number of anilines is 1. The van der Waals surface area contributed by atoms with Crippen molar-refractivity contribution in [2.45, 2.75) is 26.4 Å². The highest BCUT2D eigenvalue weighted by Crippen LogP contribution is 2.26. The van der Waals surface area contributed by atoms with Crippen molar-refractivity contribution >= 4 is 33.0 Å². The molecule has 0 atom stereocenters. The van der Waals surface area contributed by atoms with Crippen LogP contribution in [0, 0.1) is 5.82 Å². The van der Waals surface area contributed by atoms with Crippen molar-refractivity contribution in [2.75, 3.05) is 18.5 Å². The van der Waals surface area contributed by atoms with Gasteiger partial charge in [-0.1, -0.05) is 6.92 Å². The summed E-state index contributed by atoms with van der Waals surface area (Å²) in [6.45, 7) is 4.58. The first-order chi connectivity index (χ1) is 10.1. The summed E-state index contributed by atoms with van der Waals surface area (Å²) in [4.78, 5) is 3.45. The molecule has 0 aliphatic rings. The van der Waals surface area contributed by atoms with Gasteiger partial charge in [0, 0.05) is 34.0 Å². The molecule has 21 heavy (non-hydrogen) atoms. The highest BCUT2D eigenvalue weighted by molar-refractivity contribution is 9.10. The number of rotatable bonds is 7. The molecule has 0 unspecified atom stereocenters. The lowest BCUT2D eigenvalue weighted by atomic mass is 10.1. The van der Waals surface area contributed by atoms with Crippen LogP contribution in [0.1, 0.15) is 23.8 Å². The minimum atomic E-state index is -0.181. The summed E-state index contributed by atoms with van der Waals surface area (Å²) in [5, 5.41) is 5.42. The van der Waals surface area contributed by atoms with Crippen LogP contribution < -0.4 is 10.2 Å². The molecule has 0 saturated carbocycles. The first-order valence-corrected chi connectivity index (χ1v) is 8.70. The molecule has 0 saturated heterocycles. The van der Waals surface area contributed by atoms with Crippen molar-refractivity contribution in [3.8, 4) is 0 Å². The second kappa shape index (κ2) is 7.92. The van der Waals surface area contributed by atoms with Gasteiger partial charge >= 0.3 is 0 Å². The van der Waals surface area contributed by atoms with Crippen LogP contribution in [0.2, 0.25) is 0 Å². The molecule has 2 rings (SSSR count). The quantitative estimate of drug-likeness (QED) is 0.705. The molecular formula is C16H20BrFN2S. The maximum absolute atomic E-state index is 13.5. The van der Waals surface area contributed by atoms with Crippen molar-refractivity contribution in [1.82, 2.24) is 5.32 Å². The van der Waals surface area contributed by atoms with E-state index in [1.54, 1.807) is 17.4 Å². The van der Waals surface area contributed by atoms with Crippen LogP contribution >= 0.6 is 27.3 Å². The summed E-state index contributed by atoms with van der Waals surface area (Å²) in [6.07, 6.45) is 1.07. The maximum atomic E-state index is 13.5. The molecule has 114 valence electrons. The van der Waals surface area contributed by atoms with Gasteiger partial charge in [0.15, 0.2) is 0 Å². The molecule has 2 aromatic rings. The monoisotopic (exact) mass is 370 g/mol. The van der Waals surface area contributed by atoms with E-state index < -0.39 is 0 Å². The van der Waals surface area contributed by atoms with E-state index in [4.69, 9.17) is 0 Å². The summed E-state index contributed by atoms with van der Waals surface area (Å²) in [7, 11) is 2.05. The number of thiophene rings is 1. The molecule has 0 aliphatic heterocycles. The van der Waals surface area contributed by atoms with Gasteiger partial charge in [0.25, 0.3) is 0 Å². The molecule has 1 N–H and O–H groups in total. The minimum Gasteiger partial charge on any atom is -0.369 e. The Morgan fingerprint density at radius 2 is 2.14 bits per heavy atom. The Bertz CT molecular complexity index is 585. The number of benzene rings is 1. The number of hydrogen-bond acceptors (Lipinski definition) is 3. The van der Waals surface area contributed by atoms with Gasteiger partial charge in [-0.3, -0.25) is 0 Å². The molecule has 0 amide bonds. The molecule has 0 bridgehead atoms. The van der Waals surface area contributed by atoms with E-state index in [2.05, 4.69) is 44.5 Å². The van der Waals surface area contributed by atoms with Crippen molar-refractivity contribution in [2.24, 2.45) is 0 Å². The normalized spacial score (nSPS) is 10.9. The molecule has 0 fully saturated rings. The molecular weight excluding hydrogens is 351 g/mol. The largest absolute Gasteiger partial charge is 0.369 e. The highest BCUT2D eigenvalue weighted by atomic mass is 79.9. The third kappa shape index (κ3) is 4.80. The van der Waals surface area contributed by atoms with E-state index >= 15 is 0 Å². The van der Waals surface area contributed by atoms with Crippen LogP contribution in [-0.4, -0.2) is 13.6 Å². The van der Waals surface area contributed by atoms with Crippen molar-refractivity contribution in [3.63, 3.8) is 0 Å². The van der Waals surface area contributed by atoms with Gasteiger partial charge in [-0.05, 0) is 58.7 Å². The lowest BCUT2D eigenvalue weighted by molar-refractivity contribution is 0.618. The van der Waals surface area contributed by atoms with Crippen LogP contribution in [0.4, 0.5) is 10.1 Å². The SMILES string of the molecule is CCCNCc1cc(F)ccc1N(C)Cc1cc(Br)cs1. The standard InChI is InChI=1S/C16H20BrFN2S/c1-3-6-19-9-12-7-14(18)4-5-16(12)20(2)10-15-8-13(17)11-21-15/h4-5,7-8,11,19H,3,6,9-10H2,1-2H3. The van der Waals surface area contributed by atoms with E-state index in [-0.39, 0.29) is 5.82 Å². The van der Waals surface area contributed by atoms with Gasteiger partial charge in [-0.2, -0.15) is 0 Å². The van der Waals surface area contributed by atoms with E-state index in [9.17, 15) is 4.39 Å². The summed E-state index contributed by atoms with van der Waals surface area (Å²) in [5.74, 6) is -0.181. The minimum absolute atomic E-state index is 0.181. The molecule has 0 spiro atoms. The number of nitrogens with one attached hydrogen (secondary N) is 1. The van der Waals surface area contributed by atoms with Crippen LogP contribution in [0.5, 0.6) is 0 Å². The topological polar surface area (TPSA) is 15.3 Å². The lowest BCUT2D eigenvalue weighted by Crippen LogP contribution is -2.21. The first kappa shape index (κ1) is 16.5. The third-order valence-corrected chi connectivity index (χ3v) is 4.89. The Morgan fingerprint density at radius 1 is 1.33 bits per heavy atom. The zero-order valence-corrected chi connectivity index (χ0v) is 14.7. The molecule has 0 radical (unpaired) electrons. The Kier molecular flexibility index (Phi) is 6.21. The van der Waals surface area contributed by atoms with Gasteiger partial charge in [0.05, 0.1) is 6.54 Å². The van der Waals surface area contributed by atoms with Crippen molar-refractivity contribution in [3.05, 3.63) is 50.4 Å². The van der Waals surface area contributed by atoms with Gasteiger partial charge in [-0.25, -0.2) is 4.39 Å². The number of halogens is 2. The first-order valence-electron chi connectivity index (χ1n) is 7.03. The summed E-state index contributed by atoms with van der Waals surface area (Å²) >= 11 is 5.20. The summed E-state index contributed by atoms with van der Waals surface area (Å²) in [5.41, 5.74) is 2.08. The second-order valence-electron chi connectivity index (χ2n) is 5.04. The molecule has 2 nitrogen and oxygen atoms in total. The van der Waals surface area contributed by atoms with Crippen molar-refractivity contribution in [1.29, 1.82) is 0 Å². The van der Waals surface area contributed by atoms with E-state index in [1.807, 2.05) is 13.1 Å². The van der Waals surface area contributed by atoms with Crippen LogP contribution in [-0.2, 0) is 13.1 Å². The maximum Gasteiger partial charge on any atom is 0.123 e. The Balaban J connectivity index is 2.12. The smallest absolute Gasteiger partial charge is 0.123 e. The molecule has 0 aliphatic carbocycles. The third-order valence-electron chi connectivity index (χ3n) is 3.21. The molecule has 1 aromatic heterocycles. The van der Waals surface area contributed by atoms with E-state index in [0.717, 1.165) is 35.2 Å². The predicted octanol–water partition coefficient (Wildman–Crippen LogP) is 4.79. The van der Waals surface area contributed by atoms with Gasteiger partial charge in [0.1, 0.15) is 5.82 Å². The van der Waals surface area contributed by atoms with Crippen LogP contribution in [0.25, 0.3) is 0 Å². The lowest BCUT2D eigenvalue weighted by Gasteiger charge is -2.22. The predicted molar refractivity (Wildman–Crippen MR) is 92.5 cm³/mol. The Labute approximate surface area is 138 Å². The molecule has 1 heterocycles. The van der Waals surface area contributed by atoms with Gasteiger partial charge < -0.3 is 10.2 Å². The fourth-order valence-corrected chi connectivity index (χ4v) is 3.73. The molecule has 1 aromatic carbocycles. The fourth-order valence-electron chi connectivity index (χ4n) is 2.22. The summed E-state index contributed by atoms with van der Waals surface area (Å²) in [6, 6.07) is 7.14. The number of nitrogens with zero attached hydrogens (tertiary/aromatic N) is 1. The summed E-state index contributed by atoms with van der Waals surface area (Å²) < 4.78 is 14.6. The van der Waals surface area contributed by atoms with Crippen LogP contribution in [0.3, 0.4) is 0 Å². The van der Waals surface area contributed by atoms with Gasteiger partial charge in [0.2, 0.25) is 0 Å². The average molecular weight is 371 g/mol. The van der Waals surface area contributed by atoms with Gasteiger partial charge in [-0.15, -0.1) is 11.3 Å². The average Bonchev–Trinajstić information content (AvgIpc) is 2.84. The zero-order valence-electron chi connectivity index (χ0n) is 12.3. The fraction of sp³-hybridized carbons (Fsp3) is 0.375. The molecule has 5 heteroatoms. The Morgan fingerprint density at radius 3 is 2.81 bits per heavy atom. The Hall–Kier alpha value is -0.910. The second-order valence-corrected chi connectivity index (χ2v) is 6.95.